The molecule has 0 aromatic heterocycles. The number of amides is 1. The van der Waals surface area contributed by atoms with Crippen LogP contribution in [0.5, 0.6) is 0 Å². The number of carbonyl (C=O) groups excluding carboxylic acids is 1. The van der Waals surface area contributed by atoms with Crippen LogP contribution in [0, 0.1) is 0 Å². The van der Waals surface area contributed by atoms with Gasteiger partial charge in [-0.2, -0.15) is 0 Å². The molecule has 1 heterocycles. The van der Waals surface area contributed by atoms with Gasteiger partial charge in [0.25, 0.3) is 0 Å². The van der Waals surface area contributed by atoms with Crippen molar-refractivity contribution in [2.24, 2.45) is 0 Å². The number of carbonyl (C=O) groups is 1. The number of hydrogen-bond acceptors (Lipinski definition) is 4. The van der Waals surface area contributed by atoms with Crippen molar-refractivity contribution in [3.8, 4) is 0 Å². The van der Waals surface area contributed by atoms with Crippen molar-refractivity contribution in [2.45, 2.75) is 58.3 Å². The van der Waals surface area contributed by atoms with E-state index < -0.39 is 11.7 Å². The minimum atomic E-state index is -0.464. The highest BCUT2D eigenvalue weighted by Crippen LogP contribution is 2.12. The number of hydrogen-bond donors (Lipinski definition) is 2. The number of rotatable bonds is 2. The summed E-state index contributed by atoms with van der Waals surface area (Å²) in [6.07, 6.45) is 1.61. The monoisotopic (exact) mass is 230 g/mol. The van der Waals surface area contributed by atoms with Gasteiger partial charge in [0, 0.05) is 12.6 Å². The highest BCUT2D eigenvalue weighted by Gasteiger charge is 2.21. The molecule has 0 aromatic carbocycles. The minimum absolute atomic E-state index is 0.242. The summed E-state index contributed by atoms with van der Waals surface area (Å²) in [5.74, 6) is 0. The van der Waals surface area contributed by atoms with E-state index in [0.29, 0.717) is 0 Å². The van der Waals surface area contributed by atoms with Crippen LogP contribution in [0.15, 0.2) is 0 Å². The summed E-state index contributed by atoms with van der Waals surface area (Å²) in [7, 11) is 0. The van der Waals surface area contributed by atoms with Crippen LogP contribution in [0.25, 0.3) is 0 Å². The highest BCUT2D eigenvalue weighted by atomic mass is 16.6. The average molecular weight is 230 g/mol. The molecule has 0 bridgehead atoms. The molecule has 5 nitrogen and oxygen atoms in total. The van der Waals surface area contributed by atoms with E-state index >= 15 is 0 Å². The first-order chi connectivity index (χ1) is 7.37. The van der Waals surface area contributed by atoms with Crippen LogP contribution >= 0.6 is 0 Å². The van der Waals surface area contributed by atoms with Gasteiger partial charge >= 0.3 is 6.09 Å². The Bertz CT molecular complexity index is 238. The van der Waals surface area contributed by atoms with Gasteiger partial charge in [-0.05, 0) is 40.5 Å². The second-order valence-corrected chi connectivity index (χ2v) is 5.17. The fourth-order valence-electron chi connectivity index (χ4n) is 1.59. The molecule has 1 saturated heterocycles. The van der Waals surface area contributed by atoms with Crippen molar-refractivity contribution in [3.05, 3.63) is 0 Å². The molecule has 1 aliphatic heterocycles. The van der Waals surface area contributed by atoms with Crippen LogP contribution in [-0.2, 0) is 9.47 Å². The average Bonchev–Trinajstić information content (AvgIpc) is 2.12. The van der Waals surface area contributed by atoms with Crippen molar-refractivity contribution in [2.75, 3.05) is 6.61 Å². The molecule has 0 aliphatic carbocycles. The first-order valence-electron chi connectivity index (χ1n) is 5.73. The molecule has 1 amide bonds. The Labute approximate surface area is 96.8 Å². The Morgan fingerprint density at radius 1 is 1.44 bits per heavy atom. The zero-order valence-electron chi connectivity index (χ0n) is 10.5. The predicted octanol–water partition coefficient (Wildman–Crippen LogP) is 1.58. The van der Waals surface area contributed by atoms with Gasteiger partial charge in [-0.15, -0.1) is 0 Å². The summed E-state index contributed by atoms with van der Waals surface area (Å²) in [5, 5.41) is 0. The summed E-state index contributed by atoms with van der Waals surface area (Å²) in [5.41, 5.74) is 5.07. The van der Waals surface area contributed by atoms with Crippen molar-refractivity contribution in [1.82, 2.24) is 10.9 Å². The van der Waals surface area contributed by atoms with Gasteiger partial charge in [0.05, 0.1) is 6.10 Å². The lowest BCUT2D eigenvalue weighted by atomic mass is 10.1. The largest absolute Gasteiger partial charge is 0.443 e. The topological polar surface area (TPSA) is 59.6 Å². The van der Waals surface area contributed by atoms with Gasteiger partial charge < -0.3 is 9.47 Å². The fraction of sp³-hybridized carbons (Fsp3) is 0.909. The van der Waals surface area contributed by atoms with Crippen molar-refractivity contribution in [3.63, 3.8) is 0 Å². The smallest absolute Gasteiger partial charge is 0.422 e. The van der Waals surface area contributed by atoms with E-state index in [1.54, 1.807) is 0 Å². The minimum Gasteiger partial charge on any atom is -0.443 e. The summed E-state index contributed by atoms with van der Waals surface area (Å²) in [4.78, 5) is 11.4. The molecule has 2 N–H and O–H groups in total. The molecule has 1 aliphatic rings. The predicted molar refractivity (Wildman–Crippen MR) is 60.9 cm³/mol. The second kappa shape index (κ2) is 5.50. The molecule has 2 atom stereocenters. The number of hydrazine groups is 1. The lowest BCUT2D eigenvalue weighted by molar-refractivity contribution is 0.00737. The van der Waals surface area contributed by atoms with Crippen LogP contribution < -0.4 is 10.9 Å². The summed E-state index contributed by atoms with van der Waals surface area (Å²) in [6.45, 7) is 8.27. The van der Waals surface area contributed by atoms with Gasteiger partial charge in [0.2, 0.25) is 0 Å². The third-order valence-corrected chi connectivity index (χ3v) is 2.26. The molecular weight excluding hydrogens is 208 g/mol. The van der Waals surface area contributed by atoms with E-state index in [1.807, 2.05) is 27.7 Å². The zero-order chi connectivity index (χ0) is 12.2. The SMILES string of the molecule is C[C@H]1C[C@@H](NNC(=O)OC(C)(C)C)CCO1. The first-order valence-corrected chi connectivity index (χ1v) is 5.73. The lowest BCUT2D eigenvalue weighted by Gasteiger charge is -2.28. The van der Waals surface area contributed by atoms with Gasteiger partial charge in [0.15, 0.2) is 0 Å². The van der Waals surface area contributed by atoms with Crippen LogP contribution in [0.1, 0.15) is 40.5 Å². The molecule has 1 fully saturated rings. The highest BCUT2D eigenvalue weighted by molar-refractivity contribution is 5.67. The molecule has 0 radical (unpaired) electrons. The van der Waals surface area contributed by atoms with E-state index in [0.717, 1.165) is 19.4 Å². The summed E-state index contributed by atoms with van der Waals surface area (Å²) in [6, 6.07) is 0.260. The van der Waals surface area contributed by atoms with Crippen LogP contribution in [0.4, 0.5) is 4.79 Å². The Kier molecular flexibility index (Phi) is 4.56. The maximum absolute atomic E-state index is 11.4. The normalized spacial score (nSPS) is 26.2. The van der Waals surface area contributed by atoms with Crippen LogP contribution in [0.2, 0.25) is 0 Å². The van der Waals surface area contributed by atoms with Gasteiger partial charge in [0.1, 0.15) is 5.60 Å². The number of nitrogens with one attached hydrogen (secondary N) is 2. The first kappa shape index (κ1) is 13.3. The summed E-state index contributed by atoms with van der Waals surface area (Å²) < 4.78 is 10.5. The molecule has 1 rings (SSSR count). The molecule has 0 unspecified atom stereocenters. The maximum atomic E-state index is 11.4. The van der Waals surface area contributed by atoms with Gasteiger partial charge in [-0.3, -0.25) is 5.43 Å². The van der Waals surface area contributed by atoms with E-state index in [1.165, 1.54) is 0 Å². The second-order valence-electron chi connectivity index (χ2n) is 5.17. The zero-order valence-corrected chi connectivity index (χ0v) is 10.5. The van der Waals surface area contributed by atoms with Crippen LogP contribution in [-0.4, -0.2) is 30.4 Å². The standard InChI is InChI=1S/C11H22N2O3/c1-8-7-9(5-6-15-8)12-13-10(14)16-11(2,3)4/h8-9,12H,5-7H2,1-4H3,(H,13,14)/t8-,9-/m0/s1. The molecule has 0 spiro atoms. The Morgan fingerprint density at radius 3 is 2.69 bits per heavy atom. The Hall–Kier alpha value is -0.810. The van der Waals surface area contributed by atoms with Gasteiger partial charge in [-0.25, -0.2) is 10.2 Å². The van der Waals surface area contributed by atoms with Gasteiger partial charge in [-0.1, -0.05) is 0 Å². The summed E-state index contributed by atoms with van der Waals surface area (Å²) >= 11 is 0. The fourth-order valence-corrected chi connectivity index (χ4v) is 1.59. The molecular formula is C11H22N2O3. The van der Waals surface area contributed by atoms with E-state index in [4.69, 9.17) is 9.47 Å². The Balaban J connectivity index is 2.21. The Morgan fingerprint density at radius 2 is 2.12 bits per heavy atom. The maximum Gasteiger partial charge on any atom is 0.422 e. The van der Waals surface area contributed by atoms with Crippen molar-refractivity contribution in [1.29, 1.82) is 0 Å². The van der Waals surface area contributed by atoms with E-state index in [9.17, 15) is 4.79 Å². The van der Waals surface area contributed by atoms with E-state index in [-0.39, 0.29) is 12.1 Å². The van der Waals surface area contributed by atoms with E-state index in [2.05, 4.69) is 10.9 Å². The third kappa shape index (κ3) is 5.32. The molecule has 0 saturated carbocycles. The lowest BCUT2D eigenvalue weighted by Crippen LogP contribution is -2.49. The molecule has 16 heavy (non-hydrogen) atoms. The molecule has 94 valence electrons. The van der Waals surface area contributed by atoms with Crippen molar-refractivity contribution < 1.29 is 14.3 Å². The molecule has 0 aromatic rings. The quantitative estimate of drug-likeness (QED) is 0.707. The molecule has 5 heteroatoms. The van der Waals surface area contributed by atoms with Crippen LogP contribution in [0.3, 0.4) is 0 Å². The number of ether oxygens (including phenoxy) is 2. The third-order valence-electron chi connectivity index (χ3n) is 2.26. The van der Waals surface area contributed by atoms with Crippen molar-refractivity contribution >= 4 is 6.09 Å².